The molecule has 7 nitrogen and oxygen atoms in total. The van der Waals surface area contributed by atoms with E-state index in [2.05, 4.69) is 10.2 Å². The van der Waals surface area contributed by atoms with E-state index in [1.165, 1.54) is 6.33 Å². The first-order valence-electron chi connectivity index (χ1n) is 5.64. The zero-order valence-corrected chi connectivity index (χ0v) is 9.58. The molecule has 1 aromatic heterocycles. The van der Waals surface area contributed by atoms with Crippen LogP contribution in [0, 0.1) is 0 Å². The summed E-state index contributed by atoms with van der Waals surface area (Å²) in [5.41, 5.74) is 0. The minimum Gasteiger partial charge on any atom is -0.388 e. The summed E-state index contributed by atoms with van der Waals surface area (Å²) in [6.45, 7) is 2.88. The number of carbonyl (C=O) groups is 1. The van der Waals surface area contributed by atoms with Crippen LogP contribution in [0.25, 0.3) is 0 Å². The largest absolute Gasteiger partial charge is 0.388 e. The number of morpholine rings is 1. The van der Waals surface area contributed by atoms with Crippen LogP contribution in [0.4, 0.5) is 0 Å². The average Bonchev–Trinajstić information content (AvgIpc) is 2.84. The lowest BCUT2D eigenvalue weighted by atomic mass is 10.3. The number of aliphatic hydroxyl groups excluding tert-OH is 1. The van der Waals surface area contributed by atoms with Gasteiger partial charge in [0.25, 0.3) is 0 Å². The van der Waals surface area contributed by atoms with Crippen LogP contribution < -0.4 is 0 Å². The maximum Gasteiger partial charge on any atom is 0.224 e. The van der Waals surface area contributed by atoms with Crippen molar-refractivity contribution >= 4 is 5.91 Å². The second kappa shape index (κ2) is 5.74. The fourth-order valence-electron chi connectivity index (χ4n) is 1.78. The van der Waals surface area contributed by atoms with Crippen LogP contribution in [0.2, 0.25) is 0 Å². The number of ether oxygens (including phenoxy) is 1. The molecule has 7 heteroatoms. The maximum absolute atomic E-state index is 11.8. The maximum atomic E-state index is 11.8. The Morgan fingerprint density at radius 1 is 1.47 bits per heavy atom. The standard InChI is InChI=1S/C10H16N4O3/c15-7-9-12-11-8-14(9)2-1-10(16)13-3-5-17-6-4-13/h8,15H,1-7H2. The van der Waals surface area contributed by atoms with Gasteiger partial charge in [0.15, 0.2) is 5.82 Å². The average molecular weight is 240 g/mol. The second-order valence-corrected chi connectivity index (χ2v) is 3.84. The van der Waals surface area contributed by atoms with E-state index in [9.17, 15) is 4.79 Å². The molecule has 2 heterocycles. The third-order valence-electron chi connectivity index (χ3n) is 2.77. The van der Waals surface area contributed by atoms with E-state index in [1.54, 1.807) is 9.47 Å². The van der Waals surface area contributed by atoms with Crippen LogP contribution in [-0.4, -0.2) is 57.0 Å². The smallest absolute Gasteiger partial charge is 0.224 e. The Labute approximate surface area is 99.0 Å². The molecule has 2 rings (SSSR count). The van der Waals surface area contributed by atoms with E-state index in [0.29, 0.717) is 45.1 Å². The second-order valence-electron chi connectivity index (χ2n) is 3.84. The Morgan fingerprint density at radius 3 is 2.94 bits per heavy atom. The minimum absolute atomic E-state index is 0.103. The van der Waals surface area contributed by atoms with E-state index in [4.69, 9.17) is 9.84 Å². The Bertz CT molecular complexity index is 373. The molecule has 1 saturated heterocycles. The molecule has 0 radical (unpaired) electrons. The van der Waals surface area contributed by atoms with Crippen molar-refractivity contribution in [3.05, 3.63) is 12.2 Å². The van der Waals surface area contributed by atoms with Crippen LogP contribution in [-0.2, 0) is 22.7 Å². The molecule has 0 spiro atoms. The van der Waals surface area contributed by atoms with E-state index in [0.717, 1.165) is 0 Å². The molecule has 94 valence electrons. The predicted octanol–water partition coefficient (Wildman–Crippen LogP) is -0.981. The first kappa shape index (κ1) is 12.0. The number of nitrogens with zero attached hydrogens (tertiary/aromatic N) is 4. The van der Waals surface area contributed by atoms with Crippen LogP contribution in [0.3, 0.4) is 0 Å². The number of hydrogen-bond donors (Lipinski definition) is 1. The molecule has 1 aliphatic heterocycles. The molecule has 1 aromatic rings. The Kier molecular flexibility index (Phi) is 4.05. The van der Waals surface area contributed by atoms with Gasteiger partial charge < -0.3 is 19.3 Å². The van der Waals surface area contributed by atoms with Gasteiger partial charge in [-0.25, -0.2) is 0 Å². The normalized spacial score (nSPS) is 16.2. The highest BCUT2D eigenvalue weighted by Crippen LogP contribution is 2.03. The number of rotatable bonds is 4. The van der Waals surface area contributed by atoms with Crippen LogP contribution in [0.1, 0.15) is 12.2 Å². The van der Waals surface area contributed by atoms with Gasteiger partial charge in [-0.15, -0.1) is 10.2 Å². The van der Waals surface area contributed by atoms with Gasteiger partial charge in [0.2, 0.25) is 5.91 Å². The molecular weight excluding hydrogens is 224 g/mol. The molecule has 17 heavy (non-hydrogen) atoms. The summed E-state index contributed by atoms with van der Waals surface area (Å²) in [6, 6.07) is 0. The van der Waals surface area contributed by atoms with Gasteiger partial charge in [-0.05, 0) is 0 Å². The Balaban J connectivity index is 1.83. The number of carbonyl (C=O) groups excluding carboxylic acids is 1. The summed E-state index contributed by atoms with van der Waals surface area (Å²) in [7, 11) is 0. The fourth-order valence-corrected chi connectivity index (χ4v) is 1.78. The predicted molar refractivity (Wildman–Crippen MR) is 58.0 cm³/mol. The van der Waals surface area contributed by atoms with E-state index in [1.807, 2.05) is 0 Å². The molecule has 1 N–H and O–H groups in total. The van der Waals surface area contributed by atoms with Gasteiger partial charge in [0, 0.05) is 26.1 Å². The zero-order chi connectivity index (χ0) is 12.1. The van der Waals surface area contributed by atoms with E-state index < -0.39 is 0 Å². The number of aromatic nitrogens is 3. The molecule has 0 unspecified atom stereocenters. The number of amides is 1. The molecule has 0 bridgehead atoms. The molecule has 0 aliphatic carbocycles. The summed E-state index contributed by atoms with van der Waals surface area (Å²) in [4.78, 5) is 13.6. The van der Waals surface area contributed by atoms with Crippen LogP contribution >= 0.6 is 0 Å². The summed E-state index contributed by atoms with van der Waals surface area (Å²) in [6.07, 6.45) is 1.92. The van der Waals surface area contributed by atoms with Gasteiger partial charge in [-0.1, -0.05) is 0 Å². The summed E-state index contributed by atoms with van der Waals surface area (Å²) >= 11 is 0. The highest BCUT2D eigenvalue weighted by molar-refractivity contribution is 5.76. The molecule has 0 aromatic carbocycles. The van der Waals surface area contributed by atoms with Crippen molar-refractivity contribution in [2.45, 2.75) is 19.6 Å². The van der Waals surface area contributed by atoms with Gasteiger partial charge in [-0.3, -0.25) is 4.79 Å². The molecule has 1 fully saturated rings. The number of aryl methyl sites for hydroxylation is 1. The lowest BCUT2D eigenvalue weighted by molar-refractivity contribution is -0.135. The fraction of sp³-hybridized carbons (Fsp3) is 0.700. The topological polar surface area (TPSA) is 80.5 Å². The van der Waals surface area contributed by atoms with E-state index in [-0.39, 0.29) is 12.5 Å². The van der Waals surface area contributed by atoms with Gasteiger partial charge in [0.05, 0.1) is 13.2 Å². The Morgan fingerprint density at radius 2 is 2.24 bits per heavy atom. The first-order valence-corrected chi connectivity index (χ1v) is 5.64. The van der Waals surface area contributed by atoms with Crippen LogP contribution in [0.15, 0.2) is 6.33 Å². The zero-order valence-electron chi connectivity index (χ0n) is 9.58. The van der Waals surface area contributed by atoms with Crippen molar-refractivity contribution in [1.82, 2.24) is 19.7 Å². The SMILES string of the molecule is O=C(CCn1cnnc1CO)N1CCOCC1. The highest BCUT2D eigenvalue weighted by Gasteiger charge is 2.16. The van der Waals surface area contributed by atoms with Gasteiger partial charge in [0.1, 0.15) is 12.9 Å². The number of aliphatic hydroxyl groups is 1. The lowest BCUT2D eigenvalue weighted by Crippen LogP contribution is -2.41. The molecule has 1 amide bonds. The van der Waals surface area contributed by atoms with Gasteiger partial charge >= 0.3 is 0 Å². The van der Waals surface area contributed by atoms with E-state index >= 15 is 0 Å². The van der Waals surface area contributed by atoms with Crippen molar-refractivity contribution in [3.63, 3.8) is 0 Å². The lowest BCUT2D eigenvalue weighted by Gasteiger charge is -2.26. The third kappa shape index (κ3) is 3.01. The summed E-state index contributed by atoms with van der Waals surface area (Å²) < 4.78 is 6.88. The van der Waals surface area contributed by atoms with Crippen molar-refractivity contribution in [2.24, 2.45) is 0 Å². The van der Waals surface area contributed by atoms with Crippen molar-refractivity contribution in [3.8, 4) is 0 Å². The van der Waals surface area contributed by atoms with Crippen molar-refractivity contribution in [1.29, 1.82) is 0 Å². The summed E-state index contributed by atoms with van der Waals surface area (Å²) in [5.74, 6) is 0.589. The third-order valence-corrected chi connectivity index (χ3v) is 2.77. The van der Waals surface area contributed by atoms with Crippen molar-refractivity contribution in [2.75, 3.05) is 26.3 Å². The monoisotopic (exact) mass is 240 g/mol. The Hall–Kier alpha value is -1.47. The number of hydrogen-bond acceptors (Lipinski definition) is 5. The highest BCUT2D eigenvalue weighted by atomic mass is 16.5. The first-order chi connectivity index (χ1) is 8.31. The molecule has 1 aliphatic rings. The molecule has 0 saturated carbocycles. The van der Waals surface area contributed by atoms with Gasteiger partial charge in [-0.2, -0.15) is 0 Å². The summed E-state index contributed by atoms with van der Waals surface area (Å²) in [5, 5.41) is 16.4. The minimum atomic E-state index is -0.161. The molecule has 0 atom stereocenters. The van der Waals surface area contributed by atoms with Crippen LogP contribution in [0.5, 0.6) is 0 Å². The van der Waals surface area contributed by atoms with Crippen molar-refractivity contribution < 1.29 is 14.6 Å². The molecular formula is C10H16N4O3. The quantitative estimate of drug-likeness (QED) is 0.731.